The second-order valence-corrected chi connectivity index (χ2v) is 5.44. The van der Waals surface area contributed by atoms with Crippen LogP contribution in [0.25, 0.3) is 0 Å². The number of nitrogens with one attached hydrogen (secondary N) is 1. The molecule has 1 aromatic heterocycles. The predicted octanol–water partition coefficient (Wildman–Crippen LogP) is 3.76. The summed E-state index contributed by atoms with van der Waals surface area (Å²) in [7, 11) is 1.73. The van der Waals surface area contributed by atoms with Gasteiger partial charge in [-0.15, -0.1) is 0 Å². The molecule has 3 nitrogen and oxygen atoms in total. The van der Waals surface area contributed by atoms with E-state index in [2.05, 4.69) is 30.4 Å². The van der Waals surface area contributed by atoms with E-state index in [4.69, 9.17) is 9.15 Å². The summed E-state index contributed by atoms with van der Waals surface area (Å²) in [5, 5.41) is 3.64. The second kappa shape index (κ2) is 5.71. The molecule has 20 heavy (non-hydrogen) atoms. The van der Waals surface area contributed by atoms with Gasteiger partial charge in [-0.05, 0) is 31.9 Å². The Kier molecular flexibility index (Phi) is 3.79. The number of furan rings is 1. The van der Waals surface area contributed by atoms with Crippen molar-refractivity contribution in [2.75, 3.05) is 7.11 Å². The number of rotatable bonds is 4. The molecule has 0 aliphatic heterocycles. The van der Waals surface area contributed by atoms with Crippen molar-refractivity contribution in [2.45, 2.75) is 38.8 Å². The van der Waals surface area contributed by atoms with E-state index in [9.17, 15) is 0 Å². The van der Waals surface area contributed by atoms with Crippen molar-refractivity contribution < 1.29 is 9.15 Å². The zero-order chi connectivity index (χ0) is 13.9. The van der Waals surface area contributed by atoms with Crippen LogP contribution in [-0.4, -0.2) is 7.11 Å². The van der Waals surface area contributed by atoms with E-state index in [-0.39, 0.29) is 0 Å². The summed E-state index contributed by atoms with van der Waals surface area (Å²) in [5.74, 6) is 2.09. The maximum atomic E-state index is 5.54. The Morgan fingerprint density at radius 3 is 3.10 bits per heavy atom. The number of fused-ring (bicyclic) bond motifs is 1. The Hall–Kier alpha value is -1.74. The standard InChI is InChI=1S/C17H21NO2/c1-12-6-7-16(19-2)13(10-12)11-18-15-4-3-5-17-14(15)8-9-20-17/h6-10,15,18H,3-5,11H2,1-2H3. The van der Waals surface area contributed by atoms with Crippen molar-refractivity contribution in [1.29, 1.82) is 0 Å². The molecule has 3 heteroatoms. The second-order valence-electron chi connectivity index (χ2n) is 5.44. The van der Waals surface area contributed by atoms with Crippen LogP contribution >= 0.6 is 0 Å². The molecule has 106 valence electrons. The molecule has 0 spiro atoms. The van der Waals surface area contributed by atoms with Crippen LogP contribution in [0.5, 0.6) is 5.75 Å². The van der Waals surface area contributed by atoms with Gasteiger partial charge in [0.25, 0.3) is 0 Å². The maximum absolute atomic E-state index is 5.54. The molecular formula is C17H21NO2. The number of benzene rings is 1. The third-order valence-electron chi connectivity index (χ3n) is 4.03. The van der Waals surface area contributed by atoms with Gasteiger partial charge < -0.3 is 14.5 Å². The molecule has 3 rings (SSSR count). The maximum Gasteiger partial charge on any atom is 0.123 e. The highest BCUT2D eigenvalue weighted by Gasteiger charge is 2.22. The first kappa shape index (κ1) is 13.3. The summed E-state index contributed by atoms with van der Waals surface area (Å²) < 4.78 is 11.0. The largest absolute Gasteiger partial charge is 0.496 e. The van der Waals surface area contributed by atoms with E-state index in [0.29, 0.717) is 6.04 Å². The Morgan fingerprint density at radius 2 is 2.25 bits per heavy atom. The lowest BCUT2D eigenvalue weighted by atomic mass is 9.93. The van der Waals surface area contributed by atoms with Crippen LogP contribution in [0.1, 0.15) is 41.3 Å². The fourth-order valence-electron chi connectivity index (χ4n) is 2.98. The molecule has 0 amide bonds. The van der Waals surface area contributed by atoms with Crippen LogP contribution in [0.4, 0.5) is 0 Å². The van der Waals surface area contributed by atoms with Crippen molar-refractivity contribution in [3.05, 3.63) is 53.0 Å². The number of ether oxygens (including phenoxy) is 1. The first-order valence-electron chi connectivity index (χ1n) is 7.21. The summed E-state index contributed by atoms with van der Waals surface area (Å²) >= 11 is 0. The lowest BCUT2D eigenvalue weighted by molar-refractivity contribution is 0.393. The Balaban J connectivity index is 1.73. The molecule has 1 aromatic carbocycles. The van der Waals surface area contributed by atoms with Crippen LogP contribution < -0.4 is 10.1 Å². The van der Waals surface area contributed by atoms with Gasteiger partial charge in [-0.25, -0.2) is 0 Å². The summed E-state index contributed by atoms with van der Waals surface area (Å²) in [6.45, 7) is 2.93. The SMILES string of the molecule is COc1ccc(C)cc1CNC1CCCc2occc21. The lowest BCUT2D eigenvalue weighted by Gasteiger charge is -2.23. The molecule has 0 saturated carbocycles. The van der Waals surface area contributed by atoms with E-state index in [1.165, 1.54) is 29.5 Å². The van der Waals surface area contributed by atoms with Crippen molar-refractivity contribution >= 4 is 0 Å². The number of hydrogen-bond acceptors (Lipinski definition) is 3. The number of methoxy groups -OCH3 is 1. The molecule has 0 bridgehead atoms. The van der Waals surface area contributed by atoms with Gasteiger partial charge in [0.2, 0.25) is 0 Å². The van der Waals surface area contributed by atoms with Crippen LogP contribution in [0.3, 0.4) is 0 Å². The average Bonchev–Trinajstić information content (AvgIpc) is 2.94. The van der Waals surface area contributed by atoms with Crippen LogP contribution in [0, 0.1) is 6.92 Å². The zero-order valence-electron chi connectivity index (χ0n) is 12.1. The van der Waals surface area contributed by atoms with Gasteiger partial charge in [-0.3, -0.25) is 0 Å². The van der Waals surface area contributed by atoms with E-state index in [0.717, 1.165) is 24.5 Å². The van der Waals surface area contributed by atoms with Gasteiger partial charge in [-0.2, -0.15) is 0 Å². The number of hydrogen-bond donors (Lipinski definition) is 1. The molecular weight excluding hydrogens is 250 g/mol. The highest BCUT2D eigenvalue weighted by atomic mass is 16.5. The Morgan fingerprint density at radius 1 is 1.35 bits per heavy atom. The molecule has 2 aromatic rings. The summed E-state index contributed by atoms with van der Waals surface area (Å²) in [6, 6.07) is 8.79. The van der Waals surface area contributed by atoms with Gasteiger partial charge in [0.15, 0.2) is 0 Å². The van der Waals surface area contributed by atoms with Crippen molar-refractivity contribution in [1.82, 2.24) is 5.32 Å². The first-order chi connectivity index (χ1) is 9.78. The molecule has 1 N–H and O–H groups in total. The summed E-state index contributed by atoms with van der Waals surface area (Å²) in [6.07, 6.45) is 5.22. The van der Waals surface area contributed by atoms with Gasteiger partial charge in [0.1, 0.15) is 11.5 Å². The quantitative estimate of drug-likeness (QED) is 0.919. The molecule has 1 aliphatic rings. The smallest absolute Gasteiger partial charge is 0.123 e. The first-order valence-corrected chi connectivity index (χ1v) is 7.21. The topological polar surface area (TPSA) is 34.4 Å². The molecule has 0 saturated heterocycles. The molecule has 1 unspecified atom stereocenters. The molecule has 0 fully saturated rings. The monoisotopic (exact) mass is 271 g/mol. The van der Waals surface area contributed by atoms with Crippen molar-refractivity contribution in [3.8, 4) is 5.75 Å². The predicted molar refractivity (Wildman–Crippen MR) is 79.0 cm³/mol. The highest BCUT2D eigenvalue weighted by molar-refractivity contribution is 5.37. The minimum Gasteiger partial charge on any atom is -0.496 e. The summed E-state index contributed by atoms with van der Waals surface area (Å²) in [4.78, 5) is 0. The van der Waals surface area contributed by atoms with E-state index in [1.54, 1.807) is 13.4 Å². The molecule has 1 heterocycles. The average molecular weight is 271 g/mol. The third kappa shape index (κ3) is 2.59. The zero-order valence-corrected chi connectivity index (χ0v) is 12.1. The fourth-order valence-corrected chi connectivity index (χ4v) is 2.98. The van der Waals surface area contributed by atoms with Crippen LogP contribution in [-0.2, 0) is 13.0 Å². The minimum atomic E-state index is 0.391. The minimum absolute atomic E-state index is 0.391. The van der Waals surface area contributed by atoms with Gasteiger partial charge >= 0.3 is 0 Å². The Labute approximate surface area is 119 Å². The van der Waals surface area contributed by atoms with Crippen molar-refractivity contribution in [3.63, 3.8) is 0 Å². The molecule has 1 aliphatic carbocycles. The van der Waals surface area contributed by atoms with Gasteiger partial charge in [-0.1, -0.05) is 17.7 Å². The van der Waals surface area contributed by atoms with E-state index >= 15 is 0 Å². The van der Waals surface area contributed by atoms with Crippen molar-refractivity contribution in [2.24, 2.45) is 0 Å². The normalized spacial score (nSPS) is 17.8. The van der Waals surface area contributed by atoms with Crippen LogP contribution in [0.15, 0.2) is 34.9 Å². The fraction of sp³-hybridized carbons (Fsp3) is 0.412. The van der Waals surface area contributed by atoms with Gasteiger partial charge in [0, 0.05) is 30.1 Å². The van der Waals surface area contributed by atoms with E-state index < -0.39 is 0 Å². The summed E-state index contributed by atoms with van der Waals surface area (Å²) in [5.41, 5.74) is 3.79. The number of aryl methyl sites for hydroxylation is 2. The Bertz CT molecular complexity index is 588. The van der Waals surface area contributed by atoms with E-state index in [1.807, 2.05) is 6.07 Å². The highest BCUT2D eigenvalue weighted by Crippen LogP contribution is 2.31. The van der Waals surface area contributed by atoms with Gasteiger partial charge in [0.05, 0.1) is 13.4 Å². The molecule has 0 radical (unpaired) electrons. The van der Waals surface area contributed by atoms with Crippen LogP contribution in [0.2, 0.25) is 0 Å². The lowest BCUT2D eigenvalue weighted by Crippen LogP contribution is -2.24. The third-order valence-corrected chi connectivity index (χ3v) is 4.03. The molecule has 1 atom stereocenters.